The SMILES string of the molecule is O=C(Nc1ncc(Cl)cc1Cl)c1cc(Cn2cc(Cl)cn2)cs1. The van der Waals surface area contributed by atoms with Gasteiger partial charge in [-0.15, -0.1) is 11.3 Å². The molecule has 3 aromatic heterocycles. The molecular formula is C14H9Cl3N4OS. The monoisotopic (exact) mass is 386 g/mol. The predicted molar refractivity (Wildman–Crippen MR) is 92.9 cm³/mol. The third kappa shape index (κ3) is 4.03. The minimum Gasteiger partial charge on any atom is -0.305 e. The van der Waals surface area contributed by atoms with E-state index in [9.17, 15) is 4.79 Å². The smallest absolute Gasteiger partial charge is 0.266 e. The summed E-state index contributed by atoms with van der Waals surface area (Å²) in [6.07, 6.45) is 4.70. The van der Waals surface area contributed by atoms with Gasteiger partial charge in [0.1, 0.15) is 0 Å². The molecule has 0 fully saturated rings. The molecule has 0 saturated carbocycles. The summed E-state index contributed by atoms with van der Waals surface area (Å²) < 4.78 is 1.70. The van der Waals surface area contributed by atoms with Gasteiger partial charge >= 0.3 is 0 Å². The van der Waals surface area contributed by atoms with Crippen molar-refractivity contribution in [2.45, 2.75) is 6.54 Å². The number of thiophene rings is 1. The summed E-state index contributed by atoms with van der Waals surface area (Å²) in [5, 5.41) is 9.92. The molecule has 0 radical (unpaired) electrons. The zero-order valence-electron chi connectivity index (χ0n) is 11.5. The number of rotatable bonds is 4. The van der Waals surface area contributed by atoms with E-state index < -0.39 is 0 Å². The molecule has 5 nitrogen and oxygen atoms in total. The normalized spacial score (nSPS) is 10.7. The molecule has 0 aromatic carbocycles. The highest BCUT2D eigenvalue weighted by molar-refractivity contribution is 7.12. The molecule has 3 aromatic rings. The van der Waals surface area contributed by atoms with E-state index in [0.717, 1.165) is 5.56 Å². The second-order valence-electron chi connectivity index (χ2n) is 4.61. The molecule has 0 atom stereocenters. The second-order valence-corrected chi connectivity index (χ2v) is 6.80. The molecule has 23 heavy (non-hydrogen) atoms. The van der Waals surface area contributed by atoms with Gasteiger partial charge in [0.15, 0.2) is 5.82 Å². The van der Waals surface area contributed by atoms with Gasteiger partial charge < -0.3 is 5.32 Å². The first-order valence-electron chi connectivity index (χ1n) is 6.39. The molecule has 1 N–H and O–H groups in total. The average Bonchev–Trinajstić information content (AvgIpc) is 3.12. The van der Waals surface area contributed by atoms with Gasteiger partial charge in [-0.25, -0.2) is 4.98 Å². The fourth-order valence-corrected chi connectivity index (χ4v) is 3.25. The quantitative estimate of drug-likeness (QED) is 0.711. The van der Waals surface area contributed by atoms with Crippen molar-refractivity contribution in [3.63, 3.8) is 0 Å². The van der Waals surface area contributed by atoms with E-state index >= 15 is 0 Å². The fraction of sp³-hybridized carbons (Fsp3) is 0.0714. The van der Waals surface area contributed by atoms with E-state index in [4.69, 9.17) is 34.8 Å². The highest BCUT2D eigenvalue weighted by atomic mass is 35.5. The van der Waals surface area contributed by atoms with Crippen molar-refractivity contribution in [1.29, 1.82) is 0 Å². The lowest BCUT2D eigenvalue weighted by Crippen LogP contribution is -2.11. The Bertz CT molecular complexity index is 861. The Morgan fingerprint density at radius 3 is 2.74 bits per heavy atom. The Labute approximate surface area is 150 Å². The van der Waals surface area contributed by atoms with Crippen molar-refractivity contribution in [3.8, 4) is 0 Å². The standard InChI is InChI=1S/C14H9Cl3N4OS/c15-9-2-11(17)13(18-3-9)20-14(22)12-1-8(7-23-12)5-21-6-10(16)4-19-21/h1-4,6-7H,5H2,(H,18,20,22). The molecule has 0 aliphatic rings. The Balaban J connectivity index is 1.70. The van der Waals surface area contributed by atoms with Crippen LogP contribution in [0.25, 0.3) is 0 Å². The number of pyridine rings is 1. The van der Waals surface area contributed by atoms with Crippen LogP contribution in [-0.2, 0) is 6.54 Å². The van der Waals surface area contributed by atoms with Gasteiger partial charge in [0.25, 0.3) is 5.91 Å². The van der Waals surface area contributed by atoms with E-state index in [0.29, 0.717) is 21.5 Å². The van der Waals surface area contributed by atoms with Crippen LogP contribution >= 0.6 is 46.1 Å². The zero-order valence-corrected chi connectivity index (χ0v) is 14.5. The highest BCUT2D eigenvalue weighted by Gasteiger charge is 2.13. The minimum absolute atomic E-state index is 0.273. The molecule has 0 spiro atoms. The van der Waals surface area contributed by atoms with Crippen LogP contribution in [0.1, 0.15) is 15.2 Å². The number of amides is 1. The van der Waals surface area contributed by atoms with Crippen molar-refractivity contribution in [2.24, 2.45) is 0 Å². The summed E-state index contributed by atoms with van der Waals surface area (Å²) >= 11 is 18.9. The summed E-state index contributed by atoms with van der Waals surface area (Å²) in [6.45, 7) is 0.538. The topological polar surface area (TPSA) is 59.8 Å². The van der Waals surface area contributed by atoms with Gasteiger partial charge in [0.05, 0.1) is 32.7 Å². The number of anilines is 1. The Morgan fingerprint density at radius 2 is 2.04 bits per heavy atom. The largest absolute Gasteiger partial charge is 0.305 e. The number of aromatic nitrogens is 3. The van der Waals surface area contributed by atoms with Gasteiger partial charge in [0.2, 0.25) is 0 Å². The lowest BCUT2D eigenvalue weighted by Gasteiger charge is -2.04. The van der Waals surface area contributed by atoms with E-state index in [1.165, 1.54) is 23.6 Å². The lowest BCUT2D eigenvalue weighted by molar-refractivity contribution is 0.103. The van der Waals surface area contributed by atoms with Gasteiger partial charge in [-0.1, -0.05) is 34.8 Å². The van der Waals surface area contributed by atoms with Crippen LogP contribution in [0, 0.1) is 0 Å². The van der Waals surface area contributed by atoms with E-state index in [-0.39, 0.29) is 16.7 Å². The summed E-state index contributed by atoms with van der Waals surface area (Å²) in [4.78, 5) is 16.8. The van der Waals surface area contributed by atoms with Gasteiger partial charge in [0, 0.05) is 12.4 Å². The Hall–Kier alpha value is -1.60. The van der Waals surface area contributed by atoms with Crippen molar-refractivity contribution in [1.82, 2.24) is 14.8 Å². The predicted octanol–water partition coefficient (Wildman–Crippen LogP) is 4.60. The highest BCUT2D eigenvalue weighted by Crippen LogP contribution is 2.24. The maximum atomic E-state index is 12.2. The van der Waals surface area contributed by atoms with Crippen LogP contribution in [0.15, 0.2) is 36.1 Å². The zero-order chi connectivity index (χ0) is 16.4. The maximum absolute atomic E-state index is 12.2. The molecule has 0 aliphatic heterocycles. The number of carbonyl (C=O) groups excluding carboxylic acids is 1. The molecule has 3 heterocycles. The summed E-state index contributed by atoms with van der Waals surface area (Å²) in [6, 6.07) is 3.31. The molecule has 118 valence electrons. The molecule has 0 aliphatic carbocycles. The molecular weight excluding hydrogens is 379 g/mol. The van der Waals surface area contributed by atoms with Crippen LogP contribution in [0.4, 0.5) is 5.82 Å². The molecule has 9 heteroatoms. The van der Waals surface area contributed by atoms with Crippen LogP contribution in [-0.4, -0.2) is 20.7 Å². The van der Waals surface area contributed by atoms with Crippen LogP contribution < -0.4 is 5.32 Å². The Morgan fingerprint density at radius 1 is 1.22 bits per heavy atom. The molecule has 1 amide bonds. The van der Waals surface area contributed by atoms with E-state index in [1.807, 2.05) is 5.38 Å². The lowest BCUT2D eigenvalue weighted by atomic mass is 10.3. The number of nitrogens with zero attached hydrogens (tertiary/aromatic N) is 3. The third-order valence-electron chi connectivity index (χ3n) is 2.86. The van der Waals surface area contributed by atoms with E-state index in [2.05, 4.69) is 15.4 Å². The second kappa shape index (κ2) is 6.88. The van der Waals surface area contributed by atoms with E-state index in [1.54, 1.807) is 23.1 Å². The first-order chi connectivity index (χ1) is 11.0. The van der Waals surface area contributed by atoms with Gasteiger partial charge in [-0.05, 0) is 23.1 Å². The fourth-order valence-electron chi connectivity index (χ4n) is 1.87. The summed E-state index contributed by atoms with van der Waals surface area (Å²) in [7, 11) is 0. The average molecular weight is 388 g/mol. The van der Waals surface area contributed by atoms with Crippen molar-refractivity contribution in [2.75, 3.05) is 5.32 Å². The van der Waals surface area contributed by atoms with Crippen molar-refractivity contribution in [3.05, 3.63) is 61.6 Å². The number of nitrogens with one attached hydrogen (secondary N) is 1. The molecule has 0 unspecified atom stereocenters. The first-order valence-corrected chi connectivity index (χ1v) is 8.40. The van der Waals surface area contributed by atoms with Crippen LogP contribution in [0.5, 0.6) is 0 Å². The Kier molecular flexibility index (Phi) is 4.87. The van der Waals surface area contributed by atoms with Crippen LogP contribution in [0.3, 0.4) is 0 Å². The molecule has 0 saturated heterocycles. The number of carbonyl (C=O) groups is 1. The summed E-state index contributed by atoms with van der Waals surface area (Å²) in [5.74, 6) is -0.00801. The number of hydrogen-bond donors (Lipinski definition) is 1. The maximum Gasteiger partial charge on any atom is 0.266 e. The van der Waals surface area contributed by atoms with Gasteiger partial charge in [-0.3, -0.25) is 9.48 Å². The first kappa shape index (κ1) is 16.3. The molecule has 0 bridgehead atoms. The van der Waals surface area contributed by atoms with Gasteiger partial charge in [-0.2, -0.15) is 5.10 Å². The summed E-state index contributed by atoms with van der Waals surface area (Å²) in [5.41, 5.74) is 0.954. The van der Waals surface area contributed by atoms with Crippen LogP contribution in [0.2, 0.25) is 15.1 Å². The number of halogens is 3. The minimum atomic E-state index is -0.281. The third-order valence-corrected chi connectivity index (χ3v) is 4.53. The van der Waals surface area contributed by atoms with Crippen molar-refractivity contribution < 1.29 is 4.79 Å². The van der Waals surface area contributed by atoms with Crippen molar-refractivity contribution >= 4 is 57.9 Å². The molecule has 3 rings (SSSR count). The number of hydrogen-bond acceptors (Lipinski definition) is 4.